The van der Waals surface area contributed by atoms with Crippen LogP contribution in [-0.4, -0.2) is 0 Å². The molecule has 0 N–H and O–H groups in total. The molecule has 1 aromatic carbocycles. The van der Waals surface area contributed by atoms with Gasteiger partial charge in [-0.05, 0) is 30.7 Å². The largest absolute Gasteiger partial charge is 0.618 e. The molecule has 0 saturated carbocycles. The third kappa shape index (κ3) is 2.27. The highest BCUT2D eigenvalue weighted by atomic mass is 35.5. The molecule has 2 aromatic rings. The Kier molecular flexibility index (Phi) is 3.34. The van der Waals surface area contributed by atoms with Crippen LogP contribution in [0.15, 0.2) is 36.4 Å². The number of aryl methyl sites for hydroxylation is 1. The van der Waals surface area contributed by atoms with Crippen LogP contribution in [0.5, 0.6) is 0 Å². The number of halogens is 1. The molecule has 0 atom stereocenters. The van der Waals surface area contributed by atoms with E-state index in [-0.39, 0.29) is 0 Å². The van der Waals surface area contributed by atoms with E-state index in [0.717, 1.165) is 28.0 Å². The van der Waals surface area contributed by atoms with Crippen molar-refractivity contribution in [3.8, 4) is 11.3 Å². The van der Waals surface area contributed by atoms with E-state index in [2.05, 4.69) is 0 Å². The average molecular weight is 248 g/mol. The van der Waals surface area contributed by atoms with E-state index in [9.17, 15) is 5.21 Å². The van der Waals surface area contributed by atoms with Crippen LogP contribution in [0.25, 0.3) is 11.3 Å². The summed E-state index contributed by atoms with van der Waals surface area (Å²) in [6, 6.07) is 11.2. The molecule has 0 bridgehead atoms. The van der Waals surface area contributed by atoms with Gasteiger partial charge in [0.15, 0.2) is 5.69 Å². The van der Waals surface area contributed by atoms with E-state index in [0.29, 0.717) is 10.7 Å². The van der Waals surface area contributed by atoms with Crippen LogP contribution in [0.1, 0.15) is 18.2 Å². The average Bonchev–Trinajstić information content (AvgIpc) is 2.32. The maximum absolute atomic E-state index is 12.1. The van der Waals surface area contributed by atoms with Gasteiger partial charge in [0.05, 0.1) is 0 Å². The fourth-order valence-corrected chi connectivity index (χ4v) is 2.10. The smallest absolute Gasteiger partial charge is 0.224 e. The number of benzene rings is 1. The number of nitrogens with zero attached hydrogens (tertiary/aromatic N) is 1. The zero-order chi connectivity index (χ0) is 12.4. The van der Waals surface area contributed by atoms with Crippen LogP contribution >= 0.6 is 11.6 Å². The fraction of sp³-hybridized carbons (Fsp3) is 0.214. The van der Waals surface area contributed by atoms with E-state index in [1.54, 1.807) is 12.1 Å². The number of aromatic nitrogens is 1. The normalized spacial score (nSPS) is 10.5. The lowest BCUT2D eigenvalue weighted by atomic mass is 10.1. The summed E-state index contributed by atoms with van der Waals surface area (Å²) in [6.45, 7) is 3.89. The Morgan fingerprint density at radius 1 is 1.24 bits per heavy atom. The van der Waals surface area contributed by atoms with Gasteiger partial charge in [-0.3, -0.25) is 0 Å². The molecule has 17 heavy (non-hydrogen) atoms. The predicted molar refractivity (Wildman–Crippen MR) is 70.0 cm³/mol. The van der Waals surface area contributed by atoms with Crippen LogP contribution in [-0.2, 0) is 6.42 Å². The summed E-state index contributed by atoms with van der Waals surface area (Å²) in [6.07, 6.45) is 0.865. The van der Waals surface area contributed by atoms with Gasteiger partial charge >= 0.3 is 0 Å². The Labute approximate surface area is 106 Å². The molecule has 1 heterocycles. The minimum atomic E-state index is 0.639. The summed E-state index contributed by atoms with van der Waals surface area (Å²) in [4.78, 5) is 0. The lowest BCUT2D eigenvalue weighted by Crippen LogP contribution is -2.34. The first-order valence-electron chi connectivity index (χ1n) is 5.61. The second-order valence-corrected chi connectivity index (χ2v) is 4.42. The molecule has 0 aliphatic rings. The van der Waals surface area contributed by atoms with E-state index in [1.807, 2.05) is 38.1 Å². The Morgan fingerprint density at radius 2 is 2.00 bits per heavy atom. The predicted octanol–water partition coefficient (Wildman–Crippen LogP) is 3.51. The lowest BCUT2D eigenvalue weighted by Gasteiger charge is -2.10. The second kappa shape index (κ2) is 4.76. The van der Waals surface area contributed by atoms with Crippen molar-refractivity contribution in [1.82, 2.24) is 0 Å². The summed E-state index contributed by atoms with van der Waals surface area (Å²) >= 11 is 5.93. The molecule has 2 nitrogen and oxygen atoms in total. The monoisotopic (exact) mass is 247 g/mol. The first kappa shape index (κ1) is 11.9. The first-order valence-corrected chi connectivity index (χ1v) is 5.99. The molecule has 0 radical (unpaired) electrons. The van der Waals surface area contributed by atoms with Crippen molar-refractivity contribution in [2.45, 2.75) is 20.3 Å². The minimum absolute atomic E-state index is 0.639. The van der Waals surface area contributed by atoms with Gasteiger partial charge in [0, 0.05) is 29.1 Å². The van der Waals surface area contributed by atoms with Crippen molar-refractivity contribution in [1.29, 1.82) is 0 Å². The standard InChI is InChI=1S/C14H14ClNO/c1-3-11-7-8-14(16(17)10(11)2)12-5-4-6-13(15)9-12/h4-9H,3H2,1-2H3. The van der Waals surface area contributed by atoms with Crippen LogP contribution in [0.3, 0.4) is 0 Å². The van der Waals surface area contributed by atoms with Crippen LogP contribution < -0.4 is 4.73 Å². The SMILES string of the molecule is CCc1ccc(-c2cccc(Cl)c2)[n+]([O-])c1C. The molecule has 0 saturated heterocycles. The molecule has 0 amide bonds. The zero-order valence-corrected chi connectivity index (χ0v) is 10.7. The van der Waals surface area contributed by atoms with Gasteiger partial charge in [0.1, 0.15) is 0 Å². The fourth-order valence-electron chi connectivity index (χ4n) is 1.91. The van der Waals surface area contributed by atoms with E-state index in [4.69, 9.17) is 11.6 Å². The summed E-state index contributed by atoms with van der Waals surface area (Å²) in [7, 11) is 0. The Morgan fingerprint density at radius 3 is 2.65 bits per heavy atom. The van der Waals surface area contributed by atoms with Crippen molar-refractivity contribution < 1.29 is 4.73 Å². The summed E-state index contributed by atoms with van der Waals surface area (Å²) in [5, 5.41) is 12.8. The molecule has 0 unspecified atom stereocenters. The highest BCUT2D eigenvalue weighted by molar-refractivity contribution is 6.30. The lowest BCUT2D eigenvalue weighted by molar-refractivity contribution is -0.601. The molecule has 0 spiro atoms. The van der Waals surface area contributed by atoms with Gasteiger partial charge in [-0.1, -0.05) is 24.6 Å². The molecular formula is C14H14ClNO. The number of rotatable bonds is 2. The Balaban J connectivity index is 2.57. The molecule has 0 aliphatic heterocycles. The van der Waals surface area contributed by atoms with Gasteiger partial charge in [-0.15, -0.1) is 0 Å². The number of hydrogen-bond acceptors (Lipinski definition) is 1. The highest BCUT2D eigenvalue weighted by Crippen LogP contribution is 2.21. The topological polar surface area (TPSA) is 26.9 Å². The summed E-state index contributed by atoms with van der Waals surface area (Å²) in [5.74, 6) is 0. The Bertz CT molecular complexity index is 552. The molecule has 88 valence electrons. The van der Waals surface area contributed by atoms with E-state index < -0.39 is 0 Å². The summed E-state index contributed by atoms with van der Waals surface area (Å²) < 4.78 is 0.977. The molecule has 1 aromatic heterocycles. The molecule has 2 rings (SSSR count). The molecular weight excluding hydrogens is 234 g/mol. The van der Waals surface area contributed by atoms with Gasteiger partial charge < -0.3 is 5.21 Å². The van der Waals surface area contributed by atoms with Gasteiger partial charge in [0.25, 0.3) is 0 Å². The van der Waals surface area contributed by atoms with Gasteiger partial charge in [-0.25, -0.2) is 0 Å². The van der Waals surface area contributed by atoms with Gasteiger partial charge in [-0.2, -0.15) is 4.73 Å². The van der Waals surface area contributed by atoms with Gasteiger partial charge in [0.2, 0.25) is 5.69 Å². The van der Waals surface area contributed by atoms with Crippen molar-refractivity contribution in [2.75, 3.05) is 0 Å². The quantitative estimate of drug-likeness (QED) is 0.589. The third-order valence-corrected chi connectivity index (χ3v) is 3.17. The highest BCUT2D eigenvalue weighted by Gasteiger charge is 2.13. The first-order chi connectivity index (χ1) is 8.13. The zero-order valence-electron chi connectivity index (χ0n) is 9.90. The molecule has 0 aliphatic carbocycles. The molecule has 3 heteroatoms. The van der Waals surface area contributed by atoms with E-state index in [1.165, 1.54) is 0 Å². The minimum Gasteiger partial charge on any atom is -0.618 e. The van der Waals surface area contributed by atoms with Crippen molar-refractivity contribution in [3.63, 3.8) is 0 Å². The number of pyridine rings is 1. The third-order valence-electron chi connectivity index (χ3n) is 2.93. The second-order valence-electron chi connectivity index (χ2n) is 3.99. The van der Waals surface area contributed by atoms with Crippen LogP contribution in [0.4, 0.5) is 0 Å². The van der Waals surface area contributed by atoms with E-state index >= 15 is 0 Å². The van der Waals surface area contributed by atoms with Crippen LogP contribution in [0, 0.1) is 12.1 Å². The van der Waals surface area contributed by atoms with Crippen LogP contribution in [0.2, 0.25) is 5.02 Å². The summed E-state index contributed by atoms with van der Waals surface area (Å²) in [5.41, 5.74) is 3.32. The maximum Gasteiger partial charge on any atom is 0.224 e. The Hall–Kier alpha value is -1.54. The maximum atomic E-state index is 12.1. The molecule has 0 fully saturated rings. The number of hydrogen-bond donors (Lipinski definition) is 0. The van der Waals surface area contributed by atoms with Crippen molar-refractivity contribution in [3.05, 3.63) is 57.9 Å². The van der Waals surface area contributed by atoms with Crippen molar-refractivity contribution >= 4 is 11.6 Å². The van der Waals surface area contributed by atoms with Crippen molar-refractivity contribution in [2.24, 2.45) is 0 Å².